The van der Waals surface area contributed by atoms with Crippen molar-refractivity contribution in [3.63, 3.8) is 0 Å². The molecule has 0 saturated heterocycles. The zero-order valence-corrected chi connectivity index (χ0v) is 10.7. The maximum absolute atomic E-state index is 12.2. The lowest BCUT2D eigenvalue weighted by Crippen LogP contribution is -2.01. The molecule has 1 aromatic heterocycles. The van der Waals surface area contributed by atoms with E-state index in [9.17, 15) is 4.79 Å². The molecule has 3 heteroatoms. The Kier molecular flexibility index (Phi) is 3.13. The van der Waals surface area contributed by atoms with Crippen LogP contribution in [0.1, 0.15) is 25.7 Å². The van der Waals surface area contributed by atoms with Gasteiger partial charge in [-0.2, -0.15) is 0 Å². The molecule has 0 amide bonds. The number of ketones is 1. The zero-order valence-electron chi connectivity index (χ0n) is 9.08. The summed E-state index contributed by atoms with van der Waals surface area (Å²) in [5.74, 6) is 0.0538. The first-order valence-electron chi connectivity index (χ1n) is 4.95. The van der Waals surface area contributed by atoms with Gasteiger partial charge < -0.3 is 0 Å². The first-order chi connectivity index (χ1) is 7.58. The third-order valence-corrected chi connectivity index (χ3v) is 3.64. The highest BCUT2D eigenvalue weighted by Crippen LogP contribution is 2.23. The van der Waals surface area contributed by atoms with Crippen LogP contribution in [0.3, 0.4) is 0 Å². The van der Waals surface area contributed by atoms with Crippen molar-refractivity contribution in [3.05, 3.63) is 56.2 Å². The Labute approximate surface area is 104 Å². The Morgan fingerprint density at radius 1 is 1.19 bits per heavy atom. The van der Waals surface area contributed by atoms with Crippen molar-refractivity contribution >= 4 is 28.7 Å². The van der Waals surface area contributed by atoms with E-state index in [1.54, 1.807) is 12.1 Å². The quantitative estimate of drug-likeness (QED) is 0.729. The lowest BCUT2D eigenvalue weighted by Gasteiger charge is -2.03. The van der Waals surface area contributed by atoms with Crippen LogP contribution in [0.2, 0.25) is 5.02 Å². The minimum absolute atomic E-state index is 0.0538. The third-order valence-electron chi connectivity index (χ3n) is 2.41. The minimum Gasteiger partial charge on any atom is -0.288 e. The molecule has 2 aromatic rings. The maximum Gasteiger partial charge on any atom is 0.203 e. The molecule has 1 heterocycles. The van der Waals surface area contributed by atoms with Gasteiger partial charge in [-0.1, -0.05) is 17.7 Å². The van der Waals surface area contributed by atoms with Crippen LogP contribution in [0.4, 0.5) is 0 Å². The average molecular weight is 251 g/mol. The molecule has 0 N–H and O–H groups in total. The molecule has 0 saturated carbocycles. The number of hydrogen-bond donors (Lipinski definition) is 0. The normalized spacial score (nSPS) is 10.4. The van der Waals surface area contributed by atoms with Crippen molar-refractivity contribution in [1.29, 1.82) is 0 Å². The molecule has 1 nitrogen and oxygen atoms in total. The first-order valence-corrected chi connectivity index (χ1v) is 6.14. The highest BCUT2D eigenvalue weighted by Gasteiger charge is 2.13. The van der Waals surface area contributed by atoms with Gasteiger partial charge in [0.2, 0.25) is 5.78 Å². The predicted octanol–water partition coefficient (Wildman–Crippen LogP) is 4.25. The highest BCUT2D eigenvalue weighted by atomic mass is 35.5. The van der Waals surface area contributed by atoms with E-state index in [-0.39, 0.29) is 5.78 Å². The highest BCUT2D eigenvalue weighted by molar-refractivity contribution is 7.14. The van der Waals surface area contributed by atoms with Crippen molar-refractivity contribution < 1.29 is 4.79 Å². The largest absolute Gasteiger partial charge is 0.288 e. The van der Waals surface area contributed by atoms with Gasteiger partial charge in [0, 0.05) is 15.5 Å². The van der Waals surface area contributed by atoms with E-state index in [1.807, 2.05) is 32.0 Å². The van der Waals surface area contributed by atoms with Gasteiger partial charge in [0.05, 0.1) is 4.88 Å². The molecule has 82 valence electrons. The number of benzene rings is 1. The number of hydrogen-bond acceptors (Lipinski definition) is 2. The number of rotatable bonds is 2. The fraction of sp³-hybridized carbons (Fsp3) is 0.154. The zero-order chi connectivity index (χ0) is 11.7. The molecule has 0 aliphatic rings. The van der Waals surface area contributed by atoms with E-state index >= 15 is 0 Å². The van der Waals surface area contributed by atoms with Gasteiger partial charge in [-0.15, -0.1) is 11.3 Å². The molecule has 1 aromatic carbocycles. The van der Waals surface area contributed by atoms with Crippen molar-refractivity contribution in [2.45, 2.75) is 13.8 Å². The fourth-order valence-electron chi connectivity index (χ4n) is 1.53. The van der Waals surface area contributed by atoms with Gasteiger partial charge in [-0.3, -0.25) is 4.79 Å². The second-order valence-electron chi connectivity index (χ2n) is 3.70. The molecule has 2 rings (SSSR count). The number of carbonyl (C=O) groups excluding carboxylic acids is 1. The van der Waals surface area contributed by atoms with E-state index < -0.39 is 0 Å². The van der Waals surface area contributed by atoms with E-state index in [4.69, 9.17) is 11.6 Å². The average Bonchev–Trinajstić information content (AvgIpc) is 2.67. The maximum atomic E-state index is 12.2. The molecule has 0 spiro atoms. The summed E-state index contributed by atoms with van der Waals surface area (Å²) >= 11 is 7.42. The van der Waals surface area contributed by atoms with Crippen LogP contribution in [0.25, 0.3) is 0 Å². The van der Waals surface area contributed by atoms with Crippen LogP contribution in [0.5, 0.6) is 0 Å². The van der Waals surface area contributed by atoms with Gasteiger partial charge in [0.25, 0.3) is 0 Å². The Morgan fingerprint density at radius 2 is 1.94 bits per heavy atom. The topological polar surface area (TPSA) is 17.1 Å². The van der Waals surface area contributed by atoms with E-state index in [0.717, 1.165) is 15.3 Å². The molecule has 0 unspecified atom stereocenters. The van der Waals surface area contributed by atoms with Crippen molar-refractivity contribution in [1.82, 2.24) is 0 Å². The van der Waals surface area contributed by atoms with Crippen LogP contribution in [-0.2, 0) is 0 Å². The van der Waals surface area contributed by atoms with Crippen molar-refractivity contribution in [2.24, 2.45) is 0 Å². The van der Waals surface area contributed by atoms with Crippen molar-refractivity contribution in [3.8, 4) is 0 Å². The molecule has 0 bridgehead atoms. The first kappa shape index (κ1) is 11.4. The summed E-state index contributed by atoms with van der Waals surface area (Å²) in [7, 11) is 0. The Balaban J connectivity index is 2.45. The third kappa shape index (κ3) is 2.18. The summed E-state index contributed by atoms with van der Waals surface area (Å²) in [6.07, 6.45) is 0. The standard InChI is InChI=1S/C13H11ClOS/c1-8-3-5-10(14)7-11(8)13(15)12-6-4-9(2)16-12/h3-7H,1-2H3. The summed E-state index contributed by atoms with van der Waals surface area (Å²) < 4.78 is 0. The second-order valence-corrected chi connectivity index (χ2v) is 5.42. The van der Waals surface area contributed by atoms with Gasteiger partial charge in [0.15, 0.2) is 0 Å². The van der Waals surface area contributed by atoms with Crippen LogP contribution < -0.4 is 0 Å². The summed E-state index contributed by atoms with van der Waals surface area (Å²) in [6.45, 7) is 3.91. The SMILES string of the molecule is Cc1ccc(C(=O)c2cc(Cl)ccc2C)s1. The van der Waals surface area contributed by atoms with Gasteiger partial charge in [-0.25, -0.2) is 0 Å². The van der Waals surface area contributed by atoms with E-state index in [2.05, 4.69) is 0 Å². The molecule has 0 atom stereocenters. The lowest BCUT2D eigenvalue weighted by molar-refractivity contribution is 0.104. The Morgan fingerprint density at radius 3 is 2.56 bits per heavy atom. The second kappa shape index (κ2) is 4.40. The summed E-state index contributed by atoms with van der Waals surface area (Å²) in [5.41, 5.74) is 1.65. The van der Waals surface area contributed by atoms with E-state index in [1.165, 1.54) is 11.3 Å². The summed E-state index contributed by atoms with van der Waals surface area (Å²) in [6, 6.07) is 9.22. The molecule has 0 fully saturated rings. The fourth-order valence-corrected chi connectivity index (χ4v) is 2.52. The Bertz CT molecular complexity index is 543. The summed E-state index contributed by atoms with van der Waals surface area (Å²) in [5, 5.41) is 0.599. The van der Waals surface area contributed by atoms with Gasteiger partial charge in [-0.05, 0) is 43.7 Å². The molecule has 0 aliphatic carbocycles. The smallest absolute Gasteiger partial charge is 0.203 e. The number of carbonyl (C=O) groups is 1. The predicted molar refractivity (Wildman–Crippen MR) is 68.7 cm³/mol. The molecular weight excluding hydrogens is 240 g/mol. The van der Waals surface area contributed by atoms with Crippen LogP contribution in [-0.4, -0.2) is 5.78 Å². The summed E-state index contributed by atoms with van der Waals surface area (Å²) in [4.78, 5) is 14.1. The number of thiophene rings is 1. The number of halogens is 1. The molecular formula is C13H11ClOS. The lowest BCUT2D eigenvalue weighted by atomic mass is 10.0. The van der Waals surface area contributed by atoms with Crippen molar-refractivity contribution in [2.75, 3.05) is 0 Å². The Hall–Kier alpha value is -1.12. The molecule has 16 heavy (non-hydrogen) atoms. The monoisotopic (exact) mass is 250 g/mol. The molecule has 0 aliphatic heterocycles. The molecule has 0 radical (unpaired) electrons. The minimum atomic E-state index is 0.0538. The van der Waals surface area contributed by atoms with Crippen LogP contribution >= 0.6 is 22.9 Å². The van der Waals surface area contributed by atoms with Crippen LogP contribution in [0, 0.1) is 13.8 Å². The van der Waals surface area contributed by atoms with Gasteiger partial charge >= 0.3 is 0 Å². The number of aryl methyl sites for hydroxylation is 2. The van der Waals surface area contributed by atoms with Crippen LogP contribution in [0.15, 0.2) is 30.3 Å². The van der Waals surface area contributed by atoms with Gasteiger partial charge in [0.1, 0.15) is 0 Å². The van der Waals surface area contributed by atoms with E-state index in [0.29, 0.717) is 10.6 Å².